The van der Waals surface area contributed by atoms with Crippen molar-refractivity contribution >= 4 is 6.09 Å². The number of nitrogens with one attached hydrogen (secondary N) is 1. The molecule has 0 radical (unpaired) electrons. The molecule has 0 heterocycles. The Labute approximate surface area is 115 Å². The van der Waals surface area contributed by atoms with Crippen LogP contribution in [0.1, 0.15) is 33.3 Å². The second-order valence-corrected chi connectivity index (χ2v) is 5.60. The van der Waals surface area contributed by atoms with Gasteiger partial charge in [-0.2, -0.15) is 0 Å². The first-order valence-corrected chi connectivity index (χ1v) is 6.42. The molecule has 1 amide bonds. The van der Waals surface area contributed by atoms with Gasteiger partial charge in [-0.15, -0.1) is 0 Å². The molecule has 0 spiro atoms. The number of methoxy groups -OCH3 is 1. The van der Waals surface area contributed by atoms with Gasteiger partial charge in [0.25, 0.3) is 0 Å². The molecule has 1 N–H and O–H groups in total. The van der Waals surface area contributed by atoms with E-state index in [2.05, 4.69) is 5.32 Å². The lowest BCUT2D eigenvalue weighted by Crippen LogP contribution is -2.38. The van der Waals surface area contributed by atoms with Gasteiger partial charge in [-0.05, 0) is 51.8 Å². The molecule has 0 aliphatic heterocycles. The summed E-state index contributed by atoms with van der Waals surface area (Å²) in [5.74, 6) is 0.821. The first kappa shape index (κ1) is 15.3. The van der Waals surface area contributed by atoms with Crippen LogP contribution in [0.5, 0.6) is 5.75 Å². The van der Waals surface area contributed by atoms with Gasteiger partial charge in [0.05, 0.1) is 7.11 Å². The van der Waals surface area contributed by atoms with Gasteiger partial charge < -0.3 is 14.8 Å². The van der Waals surface area contributed by atoms with E-state index in [1.54, 1.807) is 7.11 Å². The summed E-state index contributed by atoms with van der Waals surface area (Å²) in [6.45, 7) is 7.49. The molecule has 0 aromatic heterocycles. The molecule has 0 saturated carbocycles. The van der Waals surface area contributed by atoms with Gasteiger partial charge in [0.1, 0.15) is 11.4 Å². The summed E-state index contributed by atoms with van der Waals surface area (Å²) in [5.41, 5.74) is 0.641. The molecular weight excluding hydrogens is 242 g/mol. The minimum atomic E-state index is -0.472. The van der Waals surface area contributed by atoms with E-state index in [4.69, 9.17) is 9.47 Å². The van der Waals surface area contributed by atoms with Crippen molar-refractivity contribution in [2.24, 2.45) is 0 Å². The van der Waals surface area contributed by atoms with Crippen molar-refractivity contribution in [2.75, 3.05) is 7.11 Å². The Kier molecular flexibility index (Phi) is 5.21. The second kappa shape index (κ2) is 6.45. The maximum absolute atomic E-state index is 11.6. The highest BCUT2D eigenvalue weighted by Crippen LogP contribution is 2.14. The normalized spacial score (nSPS) is 12.7. The number of carbonyl (C=O) groups excluding carboxylic acids is 1. The first-order valence-electron chi connectivity index (χ1n) is 6.42. The Morgan fingerprint density at radius 1 is 1.37 bits per heavy atom. The Bertz CT molecular complexity index is 424. The van der Waals surface area contributed by atoms with E-state index in [1.165, 1.54) is 0 Å². The van der Waals surface area contributed by atoms with Crippen molar-refractivity contribution in [1.29, 1.82) is 0 Å². The second-order valence-electron chi connectivity index (χ2n) is 5.60. The van der Waals surface area contributed by atoms with Crippen molar-refractivity contribution in [3.8, 4) is 5.75 Å². The molecular formula is C15H23NO3. The summed E-state index contributed by atoms with van der Waals surface area (Å²) in [4.78, 5) is 11.6. The Balaban J connectivity index is 2.50. The topological polar surface area (TPSA) is 47.6 Å². The lowest BCUT2D eigenvalue weighted by Gasteiger charge is -2.22. The number of carbonyl (C=O) groups is 1. The molecule has 0 unspecified atom stereocenters. The highest BCUT2D eigenvalue weighted by molar-refractivity contribution is 5.68. The minimum absolute atomic E-state index is 0.00181. The van der Waals surface area contributed by atoms with Crippen LogP contribution in [-0.2, 0) is 11.2 Å². The van der Waals surface area contributed by atoms with Crippen molar-refractivity contribution < 1.29 is 14.3 Å². The van der Waals surface area contributed by atoms with Crippen molar-refractivity contribution in [1.82, 2.24) is 5.32 Å². The zero-order chi connectivity index (χ0) is 14.5. The van der Waals surface area contributed by atoms with Crippen LogP contribution in [-0.4, -0.2) is 24.8 Å². The van der Waals surface area contributed by atoms with E-state index in [1.807, 2.05) is 52.0 Å². The molecule has 1 aromatic carbocycles. The Morgan fingerprint density at radius 3 is 2.63 bits per heavy atom. The average Bonchev–Trinajstić information content (AvgIpc) is 2.26. The maximum atomic E-state index is 11.6. The van der Waals surface area contributed by atoms with E-state index in [0.717, 1.165) is 17.7 Å². The van der Waals surface area contributed by atoms with Gasteiger partial charge in [0.15, 0.2) is 0 Å². The van der Waals surface area contributed by atoms with Crippen LogP contribution in [0.4, 0.5) is 4.79 Å². The molecule has 106 valence electrons. The molecule has 1 aromatic rings. The summed E-state index contributed by atoms with van der Waals surface area (Å²) in [6.07, 6.45) is 0.346. The summed E-state index contributed by atoms with van der Waals surface area (Å²) in [7, 11) is 1.64. The Hall–Kier alpha value is -1.71. The van der Waals surface area contributed by atoms with Crippen LogP contribution in [0.25, 0.3) is 0 Å². The third-order valence-electron chi connectivity index (χ3n) is 2.44. The SMILES string of the molecule is COc1cccc(C[C@@H](C)NC(=O)OC(C)(C)C)c1. The molecule has 4 nitrogen and oxygen atoms in total. The van der Waals surface area contributed by atoms with Crippen molar-refractivity contribution in [3.05, 3.63) is 29.8 Å². The molecule has 1 rings (SSSR count). The summed E-state index contributed by atoms with van der Waals surface area (Å²) in [6, 6.07) is 7.81. The fourth-order valence-electron chi connectivity index (χ4n) is 1.71. The van der Waals surface area contributed by atoms with Crippen molar-refractivity contribution in [3.63, 3.8) is 0 Å². The van der Waals surface area contributed by atoms with Gasteiger partial charge in [0, 0.05) is 6.04 Å². The molecule has 0 aliphatic carbocycles. The van der Waals surface area contributed by atoms with E-state index < -0.39 is 5.60 Å². The van der Waals surface area contributed by atoms with Crippen molar-refractivity contribution in [2.45, 2.75) is 45.8 Å². The molecule has 0 aliphatic rings. The van der Waals surface area contributed by atoms with Crippen LogP contribution < -0.4 is 10.1 Å². The number of alkyl carbamates (subject to hydrolysis) is 1. The number of benzene rings is 1. The van der Waals surface area contributed by atoms with Gasteiger partial charge >= 0.3 is 6.09 Å². The lowest BCUT2D eigenvalue weighted by atomic mass is 10.1. The predicted octanol–water partition coefficient (Wildman–Crippen LogP) is 3.15. The fourth-order valence-corrected chi connectivity index (χ4v) is 1.71. The third kappa shape index (κ3) is 6.13. The number of amides is 1. The smallest absolute Gasteiger partial charge is 0.407 e. The van der Waals surface area contributed by atoms with E-state index in [0.29, 0.717) is 0 Å². The first-order chi connectivity index (χ1) is 8.80. The zero-order valence-electron chi connectivity index (χ0n) is 12.3. The minimum Gasteiger partial charge on any atom is -0.497 e. The Morgan fingerprint density at radius 2 is 2.05 bits per heavy atom. The molecule has 4 heteroatoms. The molecule has 1 atom stereocenters. The molecule has 19 heavy (non-hydrogen) atoms. The van der Waals surface area contributed by atoms with Gasteiger partial charge in [0.2, 0.25) is 0 Å². The zero-order valence-corrected chi connectivity index (χ0v) is 12.3. The number of ether oxygens (including phenoxy) is 2. The molecule has 0 saturated heterocycles. The summed E-state index contributed by atoms with van der Waals surface area (Å²) >= 11 is 0. The predicted molar refractivity (Wildman–Crippen MR) is 75.5 cm³/mol. The number of rotatable bonds is 4. The highest BCUT2D eigenvalue weighted by Gasteiger charge is 2.17. The van der Waals surface area contributed by atoms with E-state index in [-0.39, 0.29) is 12.1 Å². The van der Waals surface area contributed by atoms with Crippen LogP contribution >= 0.6 is 0 Å². The number of hydrogen-bond acceptors (Lipinski definition) is 3. The van der Waals surface area contributed by atoms with Crippen LogP contribution in [0.3, 0.4) is 0 Å². The monoisotopic (exact) mass is 265 g/mol. The van der Waals surface area contributed by atoms with E-state index >= 15 is 0 Å². The summed E-state index contributed by atoms with van der Waals surface area (Å²) < 4.78 is 10.4. The van der Waals surface area contributed by atoms with Crippen LogP contribution in [0.15, 0.2) is 24.3 Å². The van der Waals surface area contributed by atoms with Crippen LogP contribution in [0, 0.1) is 0 Å². The van der Waals surface area contributed by atoms with E-state index in [9.17, 15) is 4.79 Å². The maximum Gasteiger partial charge on any atom is 0.407 e. The fraction of sp³-hybridized carbons (Fsp3) is 0.533. The van der Waals surface area contributed by atoms with Gasteiger partial charge in [-0.25, -0.2) is 4.79 Å². The third-order valence-corrected chi connectivity index (χ3v) is 2.44. The average molecular weight is 265 g/mol. The quantitative estimate of drug-likeness (QED) is 0.909. The molecule has 0 fully saturated rings. The lowest BCUT2D eigenvalue weighted by molar-refractivity contribution is 0.0508. The highest BCUT2D eigenvalue weighted by atomic mass is 16.6. The standard InChI is InChI=1S/C15H23NO3/c1-11(16-14(17)19-15(2,3)4)9-12-7-6-8-13(10-12)18-5/h6-8,10-11H,9H2,1-5H3,(H,16,17)/t11-/m1/s1. The summed E-state index contributed by atoms with van der Waals surface area (Å²) in [5, 5.41) is 2.82. The molecule has 0 bridgehead atoms. The number of hydrogen-bond donors (Lipinski definition) is 1. The largest absolute Gasteiger partial charge is 0.497 e. The van der Waals surface area contributed by atoms with Crippen LogP contribution in [0.2, 0.25) is 0 Å². The van der Waals surface area contributed by atoms with Gasteiger partial charge in [-0.3, -0.25) is 0 Å². The van der Waals surface area contributed by atoms with Gasteiger partial charge in [-0.1, -0.05) is 12.1 Å².